The molecular weight excluding hydrogens is 427 g/mol. The minimum atomic E-state index is -4.63. The molecule has 0 fully saturated rings. The van der Waals surface area contributed by atoms with Gasteiger partial charge in [0, 0.05) is 36.8 Å². The quantitative estimate of drug-likeness (QED) is 0.437. The molecular formula is C21H20F3N5OS. The van der Waals surface area contributed by atoms with Crippen LogP contribution in [-0.2, 0) is 19.3 Å². The van der Waals surface area contributed by atoms with Gasteiger partial charge in [-0.25, -0.2) is 4.68 Å². The van der Waals surface area contributed by atoms with Gasteiger partial charge in [0.25, 0.3) is 5.91 Å². The predicted molar refractivity (Wildman–Crippen MR) is 112 cm³/mol. The van der Waals surface area contributed by atoms with Gasteiger partial charge >= 0.3 is 6.18 Å². The van der Waals surface area contributed by atoms with Gasteiger partial charge in [-0.2, -0.15) is 23.4 Å². The highest BCUT2D eigenvalue weighted by Gasteiger charge is 2.38. The fraction of sp³-hybridized carbons (Fsp3) is 0.286. The smallest absolute Gasteiger partial charge is 0.337 e. The third-order valence-electron chi connectivity index (χ3n) is 5.10. The highest BCUT2D eigenvalue weighted by atomic mass is 32.1. The number of hydrogen-bond donors (Lipinski definition) is 0. The molecule has 0 unspecified atom stereocenters. The van der Waals surface area contributed by atoms with Crippen LogP contribution in [0.2, 0.25) is 0 Å². The fourth-order valence-electron chi connectivity index (χ4n) is 3.44. The number of carbonyl (C=O) groups is 1. The summed E-state index contributed by atoms with van der Waals surface area (Å²) in [5.41, 5.74) is 1.35. The highest BCUT2D eigenvalue weighted by Crippen LogP contribution is 2.39. The second kappa shape index (κ2) is 7.84. The van der Waals surface area contributed by atoms with E-state index in [1.165, 1.54) is 15.6 Å². The van der Waals surface area contributed by atoms with Crippen LogP contribution < -0.4 is 0 Å². The zero-order chi connectivity index (χ0) is 22.3. The van der Waals surface area contributed by atoms with E-state index in [2.05, 4.69) is 10.2 Å². The summed E-state index contributed by atoms with van der Waals surface area (Å²) in [4.78, 5) is 15.0. The second-order valence-electron chi connectivity index (χ2n) is 7.16. The van der Waals surface area contributed by atoms with Crippen molar-refractivity contribution in [3.05, 3.63) is 64.4 Å². The topological polar surface area (TPSA) is 56.0 Å². The minimum absolute atomic E-state index is 0.0758. The molecule has 0 aliphatic carbocycles. The molecule has 0 radical (unpaired) electrons. The van der Waals surface area contributed by atoms with Crippen molar-refractivity contribution in [2.45, 2.75) is 33.1 Å². The molecule has 4 rings (SSSR count). The van der Waals surface area contributed by atoms with E-state index < -0.39 is 11.9 Å². The molecule has 31 heavy (non-hydrogen) atoms. The van der Waals surface area contributed by atoms with Crippen LogP contribution in [0.5, 0.6) is 0 Å². The summed E-state index contributed by atoms with van der Waals surface area (Å²) in [5.74, 6) is -0.349. The van der Waals surface area contributed by atoms with Crippen LogP contribution in [0.1, 0.15) is 33.5 Å². The first-order chi connectivity index (χ1) is 14.7. The summed E-state index contributed by atoms with van der Waals surface area (Å²) in [6.45, 7) is 4.93. The summed E-state index contributed by atoms with van der Waals surface area (Å²) < 4.78 is 43.9. The summed E-state index contributed by atoms with van der Waals surface area (Å²) in [6, 6.07) is 9.86. The van der Waals surface area contributed by atoms with Gasteiger partial charge in [-0.15, -0.1) is 11.3 Å². The van der Waals surface area contributed by atoms with Crippen LogP contribution in [0.15, 0.2) is 42.6 Å². The Morgan fingerprint density at radius 3 is 2.55 bits per heavy atom. The molecule has 0 aliphatic rings. The number of benzene rings is 1. The first-order valence-electron chi connectivity index (χ1n) is 9.62. The highest BCUT2D eigenvalue weighted by molar-refractivity contribution is 7.20. The summed E-state index contributed by atoms with van der Waals surface area (Å²) in [7, 11) is 1.63. The number of aromatic nitrogens is 4. The molecule has 0 saturated heterocycles. The number of halogens is 3. The van der Waals surface area contributed by atoms with Crippen molar-refractivity contribution >= 4 is 27.5 Å². The zero-order valence-corrected chi connectivity index (χ0v) is 18.0. The SMILES string of the molecule is CCn1ncc(CN(C)C(=O)c2cc3c(C(F)(F)F)nn(-c4ccccc4)c3s2)c1C. The van der Waals surface area contributed by atoms with Gasteiger partial charge in [0.05, 0.1) is 16.8 Å². The van der Waals surface area contributed by atoms with E-state index in [1.54, 1.807) is 43.6 Å². The van der Waals surface area contributed by atoms with E-state index in [1.807, 2.05) is 18.5 Å². The Morgan fingerprint density at radius 2 is 1.94 bits per heavy atom. The van der Waals surface area contributed by atoms with Crippen LogP contribution >= 0.6 is 11.3 Å². The Balaban J connectivity index is 1.71. The molecule has 4 aromatic rings. The average molecular weight is 447 g/mol. The molecule has 3 aromatic heterocycles. The first-order valence-corrected chi connectivity index (χ1v) is 10.4. The number of alkyl halides is 3. The normalized spacial score (nSPS) is 11.9. The Morgan fingerprint density at radius 1 is 1.23 bits per heavy atom. The van der Waals surface area contributed by atoms with Crippen molar-refractivity contribution in [1.82, 2.24) is 24.5 Å². The molecule has 6 nitrogen and oxygen atoms in total. The molecule has 0 aliphatic heterocycles. The Hall–Kier alpha value is -3.14. The Labute approximate surface area is 180 Å². The maximum absolute atomic E-state index is 13.6. The summed E-state index contributed by atoms with van der Waals surface area (Å²) >= 11 is 1.01. The molecule has 1 amide bonds. The third-order valence-corrected chi connectivity index (χ3v) is 6.20. The minimum Gasteiger partial charge on any atom is -0.337 e. The van der Waals surface area contributed by atoms with Crippen molar-refractivity contribution < 1.29 is 18.0 Å². The average Bonchev–Trinajstić information content (AvgIpc) is 3.41. The molecule has 162 valence electrons. The van der Waals surface area contributed by atoms with E-state index in [0.717, 1.165) is 29.1 Å². The monoisotopic (exact) mass is 447 g/mol. The standard InChI is InChI=1S/C21H20F3N5OS/c1-4-28-13(2)14(11-25-28)12-27(3)19(30)17-10-16-18(21(22,23)24)26-29(20(16)31-17)15-8-6-5-7-9-15/h5-11H,4,12H2,1-3H3. The van der Waals surface area contributed by atoms with Crippen molar-refractivity contribution in [3.63, 3.8) is 0 Å². The van der Waals surface area contributed by atoms with Gasteiger partial charge in [0.2, 0.25) is 0 Å². The zero-order valence-electron chi connectivity index (χ0n) is 17.1. The lowest BCUT2D eigenvalue weighted by Crippen LogP contribution is -2.25. The van der Waals surface area contributed by atoms with Gasteiger partial charge in [-0.1, -0.05) is 18.2 Å². The number of aryl methyl sites for hydroxylation is 1. The number of amides is 1. The van der Waals surface area contributed by atoms with Crippen LogP contribution in [-0.4, -0.2) is 37.4 Å². The van der Waals surface area contributed by atoms with Gasteiger partial charge in [0.1, 0.15) is 4.83 Å². The fourth-order valence-corrected chi connectivity index (χ4v) is 4.57. The molecule has 0 atom stereocenters. The number of hydrogen-bond acceptors (Lipinski definition) is 4. The van der Waals surface area contributed by atoms with Gasteiger partial charge in [0.15, 0.2) is 5.69 Å². The van der Waals surface area contributed by atoms with Crippen LogP contribution in [0.3, 0.4) is 0 Å². The maximum Gasteiger partial charge on any atom is 0.435 e. The Kier molecular flexibility index (Phi) is 5.34. The summed E-state index contributed by atoms with van der Waals surface area (Å²) in [5, 5.41) is 7.99. The van der Waals surface area contributed by atoms with E-state index in [-0.39, 0.29) is 21.0 Å². The molecule has 0 N–H and O–H groups in total. The lowest BCUT2D eigenvalue weighted by Gasteiger charge is -2.16. The molecule has 0 spiro atoms. The van der Waals surface area contributed by atoms with Gasteiger partial charge < -0.3 is 4.90 Å². The van der Waals surface area contributed by atoms with E-state index in [0.29, 0.717) is 12.2 Å². The van der Waals surface area contributed by atoms with E-state index in [9.17, 15) is 18.0 Å². The largest absolute Gasteiger partial charge is 0.435 e. The Bertz CT molecular complexity index is 1240. The van der Waals surface area contributed by atoms with E-state index >= 15 is 0 Å². The number of thiophene rings is 1. The number of rotatable bonds is 5. The number of carbonyl (C=O) groups excluding carboxylic acids is 1. The van der Waals surface area contributed by atoms with Crippen LogP contribution in [0.25, 0.3) is 15.9 Å². The lowest BCUT2D eigenvalue weighted by molar-refractivity contribution is -0.140. The molecule has 0 saturated carbocycles. The van der Waals surface area contributed by atoms with Crippen LogP contribution in [0, 0.1) is 6.92 Å². The van der Waals surface area contributed by atoms with E-state index in [4.69, 9.17) is 0 Å². The molecule has 1 aromatic carbocycles. The third kappa shape index (κ3) is 3.83. The number of nitrogens with zero attached hydrogens (tertiary/aromatic N) is 5. The van der Waals surface area contributed by atoms with Crippen LogP contribution in [0.4, 0.5) is 13.2 Å². The predicted octanol–water partition coefficient (Wildman–Crippen LogP) is 4.90. The van der Waals surface area contributed by atoms with Crippen molar-refractivity contribution in [2.75, 3.05) is 7.05 Å². The van der Waals surface area contributed by atoms with Gasteiger partial charge in [-0.3, -0.25) is 9.48 Å². The van der Waals surface area contributed by atoms with Crippen molar-refractivity contribution in [3.8, 4) is 5.69 Å². The maximum atomic E-state index is 13.6. The lowest BCUT2D eigenvalue weighted by atomic mass is 10.2. The van der Waals surface area contributed by atoms with Crippen molar-refractivity contribution in [2.24, 2.45) is 0 Å². The summed E-state index contributed by atoms with van der Waals surface area (Å²) in [6.07, 6.45) is -2.92. The van der Waals surface area contributed by atoms with Gasteiger partial charge in [-0.05, 0) is 32.0 Å². The molecule has 3 heterocycles. The number of para-hydroxylation sites is 1. The second-order valence-corrected chi connectivity index (χ2v) is 8.19. The van der Waals surface area contributed by atoms with Crippen molar-refractivity contribution in [1.29, 1.82) is 0 Å². The molecule has 10 heteroatoms. The first kappa shape index (κ1) is 21.1. The number of fused-ring (bicyclic) bond motifs is 1. The molecule has 0 bridgehead atoms.